The summed E-state index contributed by atoms with van der Waals surface area (Å²) in [4.78, 5) is 22.6. The van der Waals surface area contributed by atoms with Crippen LogP contribution in [0.5, 0.6) is 23.0 Å². The van der Waals surface area contributed by atoms with Gasteiger partial charge in [0.15, 0.2) is 23.0 Å². The van der Waals surface area contributed by atoms with Gasteiger partial charge in [0.2, 0.25) is 6.79 Å². The molecule has 0 aromatic heterocycles. The van der Waals surface area contributed by atoms with Crippen LogP contribution in [0.3, 0.4) is 0 Å². The Balaban J connectivity index is 2.21. The molecule has 2 amide bonds. The predicted molar refractivity (Wildman–Crippen MR) is 127 cm³/mol. The maximum absolute atomic E-state index is 11.3. The molecule has 0 radical (unpaired) electrons. The molecule has 0 saturated carbocycles. The summed E-state index contributed by atoms with van der Waals surface area (Å²) >= 11 is 0. The number of nitrogens with zero attached hydrogens (tertiary/aromatic N) is 2. The third-order valence-electron chi connectivity index (χ3n) is 4.36. The van der Waals surface area contributed by atoms with Crippen molar-refractivity contribution in [2.24, 2.45) is 11.5 Å². The van der Waals surface area contributed by atoms with Crippen molar-refractivity contribution in [3.05, 3.63) is 58.7 Å². The smallest absolute Gasteiger partial charge is 0.259 e. The number of primary amides is 2. The van der Waals surface area contributed by atoms with E-state index in [2.05, 4.69) is 0 Å². The standard InChI is InChI=1S/C25H24N4O6/c1-3-32-22-11-16(9-18(13-26)24(28)30)5-7-20(22)34-15-35-21-8-6-17(12-23(21)33-4-2)10-19(14-27)25(29)31/h5-12H,3-4,15H2,1-2H3,(H2,28,30)(H2,29,31)/b18-9+,19-10+. The lowest BCUT2D eigenvalue weighted by Gasteiger charge is -2.15. The minimum Gasteiger partial charge on any atom is -0.490 e. The first-order chi connectivity index (χ1) is 16.8. The molecule has 4 N–H and O–H groups in total. The van der Waals surface area contributed by atoms with Crippen LogP contribution in [0.4, 0.5) is 0 Å². The lowest BCUT2D eigenvalue weighted by atomic mass is 10.1. The molecule has 35 heavy (non-hydrogen) atoms. The van der Waals surface area contributed by atoms with Crippen molar-refractivity contribution in [3.63, 3.8) is 0 Å². The van der Waals surface area contributed by atoms with E-state index in [1.807, 2.05) is 0 Å². The fraction of sp³-hybridized carbons (Fsp3) is 0.200. The molecule has 0 atom stereocenters. The molecular weight excluding hydrogens is 452 g/mol. The van der Waals surface area contributed by atoms with Gasteiger partial charge in [-0.1, -0.05) is 12.1 Å². The van der Waals surface area contributed by atoms with Gasteiger partial charge in [-0.05, 0) is 61.4 Å². The van der Waals surface area contributed by atoms with Crippen molar-refractivity contribution in [2.75, 3.05) is 20.0 Å². The van der Waals surface area contributed by atoms with E-state index in [0.29, 0.717) is 47.3 Å². The van der Waals surface area contributed by atoms with E-state index in [9.17, 15) is 9.59 Å². The summed E-state index contributed by atoms with van der Waals surface area (Å²) in [6, 6.07) is 13.2. The van der Waals surface area contributed by atoms with E-state index in [-0.39, 0.29) is 17.9 Å². The minimum atomic E-state index is -0.829. The van der Waals surface area contributed by atoms with Crippen molar-refractivity contribution in [1.82, 2.24) is 0 Å². The van der Waals surface area contributed by atoms with Gasteiger partial charge < -0.3 is 30.4 Å². The molecule has 2 aromatic rings. The van der Waals surface area contributed by atoms with Gasteiger partial charge in [0, 0.05) is 0 Å². The second-order valence-electron chi connectivity index (χ2n) is 6.75. The first kappa shape index (κ1) is 26.3. The van der Waals surface area contributed by atoms with Gasteiger partial charge in [-0.3, -0.25) is 9.59 Å². The fourth-order valence-electron chi connectivity index (χ4n) is 2.81. The van der Waals surface area contributed by atoms with E-state index < -0.39 is 11.8 Å². The Bertz CT molecular complexity index is 1140. The third-order valence-corrected chi connectivity index (χ3v) is 4.36. The Labute approximate surface area is 202 Å². The molecule has 10 heteroatoms. The van der Waals surface area contributed by atoms with Crippen LogP contribution in [0.15, 0.2) is 47.5 Å². The van der Waals surface area contributed by atoms with Crippen LogP contribution in [-0.2, 0) is 9.59 Å². The lowest BCUT2D eigenvalue weighted by molar-refractivity contribution is -0.115. The number of hydrogen-bond acceptors (Lipinski definition) is 8. The highest BCUT2D eigenvalue weighted by Gasteiger charge is 2.11. The van der Waals surface area contributed by atoms with E-state index >= 15 is 0 Å². The maximum Gasteiger partial charge on any atom is 0.259 e. The molecule has 0 aliphatic heterocycles. The molecule has 0 spiro atoms. The van der Waals surface area contributed by atoms with E-state index in [1.54, 1.807) is 62.4 Å². The van der Waals surface area contributed by atoms with Crippen molar-refractivity contribution >= 4 is 24.0 Å². The number of ether oxygens (including phenoxy) is 4. The molecule has 0 bridgehead atoms. The number of benzene rings is 2. The van der Waals surface area contributed by atoms with Crippen LogP contribution in [-0.4, -0.2) is 31.8 Å². The average molecular weight is 476 g/mol. The lowest BCUT2D eigenvalue weighted by Crippen LogP contribution is -2.12. The first-order valence-electron chi connectivity index (χ1n) is 10.4. The van der Waals surface area contributed by atoms with Crippen LogP contribution >= 0.6 is 0 Å². The van der Waals surface area contributed by atoms with Gasteiger partial charge in [-0.15, -0.1) is 0 Å². The van der Waals surface area contributed by atoms with E-state index in [4.69, 9.17) is 40.9 Å². The summed E-state index contributed by atoms with van der Waals surface area (Å²) < 4.78 is 22.6. The fourth-order valence-corrected chi connectivity index (χ4v) is 2.81. The molecule has 0 fully saturated rings. The maximum atomic E-state index is 11.3. The summed E-state index contributed by atoms with van der Waals surface area (Å²) in [7, 11) is 0. The second kappa shape index (κ2) is 12.9. The van der Waals surface area contributed by atoms with Crippen molar-refractivity contribution in [2.45, 2.75) is 13.8 Å². The number of hydrogen-bond donors (Lipinski definition) is 2. The molecule has 180 valence electrons. The highest BCUT2D eigenvalue weighted by Crippen LogP contribution is 2.32. The molecule has 0 unspecified atom stereocenters. The average Bonchev–Trinajstić information content (AvgIpc) is 2.83. The number of nitrogens with two attached hydrogens (primary N) is 2. The van der Waals surface area contributed by atoms with Gasteiger partial charge in [-0.25, -0.2) is 0 Å². The minimum absolute atomic E-state index is 0.191. The molecule has 0 aliphatic carbocycles. The SMILES string of the molecule is CCOc1cc(/C=C(\C#N)C(N)=O)ccc1OCOc1ccc(/C=C(\C#N)C(N)=O)cc1OCC. The molecular formula is C25H24N4O6. The Morgan fingerprint density at radius 2 is 1.14 bits per heavy atom. The highest BCUT2D eigenvalue weighted by atomic mass is 16.7. The molecule has 2 aromatic carbocycles. The van der Waals surface area contributed by atoms with Gasteiger partial charge in [0.05, 0.1) is 13.2 Å². The zero-order valence-electron chi connectivity index (χ0n) is 19.2. The van der Waals surface area contributed by atoms with Crippen LogP contribution in [0.25, 0.3) is 12.2 Å². The Morgan fingerprint density at radius 1 is 0.743 bits per heavy atom. The Hall–Kier alpha value is -4.96. The topological polar surface area (TPSA) is 171 Å². The van der Waals surface area contributed by atoms with Crippen LogP contribution < -0.4 is 30.4 Å². The van der Waals surface area contributed by atoms with Gasteiger partial charge in [0.25, 0.3) is 11.8 Å². The number of rotatable bonds is 12. The molecule has 2 rings (SSSR count). The van der Waals surface area contributed by atoms with Crippen LogP contribution in [0.1, 0.15) is 25.0 Å². The monoisotopic (exact) mass is 476 g/mol. The predicted octanol–water partition coefficient (Wildman–Crippen LogP) is 2.68. The number of carbonyl (C=O) groups excluding carboxylic acids is 2. The van der Waals surface area contributed by atoms with Crippen LogP contribution in [0.2, 0.25) is 0 Å². The summed E-state index contributed by atoms with van der Waals surface area (Å²) in [5.41, 5.74) is 11.0. The molecule has 10 nitrogen and oxygen atoms in total. The summed E-state index contributed by atoms with van der Waals surface area (Å²) in [6.45, 7) is 4.11. The zero-order valence-corrected chi connectivity index (χ0v) is 19.2. The summed E-state index contributed by atoms with van der Waals surface area (Å²) in [5, 5.41) is 18.1. The number of carbonyl (C=O) groups is 2. The zero-order chi connectivity index (χ0) is 25.8. The molecule has 0 heterocycles. The molecule has 0 saturated heterocycles. The van der Waals surface area contributed by atoms with Crippen molar-refractivity contribution in [3.8, 4) is 35.1 Å². The van der Waals surface area contributed by atoms with E-state index in [0.717, 1.165) is 0 Å². The number of amides is 2. The summed E-state index contributed by atoms with van der Waals surface area (Å²) in [6.07, 6.45) is 2.71. The summed E-state index contributed by atoms with van der Waals surface area (Å²) in [5.74, 6) is -0.146. The normalized spacial score (nSPS) is 11.1. The van der Waals surface area contributed by atoms with E-state index in [1.165, 1.54) is 12.2 Å². The largest absolute Gasteiger partial charge is 0.490 e. The van der Waals surface area contributed by atoms with Crippen molar-refractivity contribution < 1.29 is 28.5 Å². The molecule has 0 aliphatic rings. The highest BCUT2D eigenvalue weighted by molar-refractivity contribution is 6.01. The van der Waals surface area contributed by atoms with Gasteiger partial charge in [0.1, 0.15) is 23.3 Å². The Morgan fingerprint density at radius 3 is 1.46 bits per heavy atom. The Kier molecular flexibility index (Phi) is 9.71. The van der Waals surface area contributed by atoms with Gasteiger partial charge >= 0.3 is 0 Å². The number of nitriles is 2. The quantitative estimate of drug-likeness (QED) is 0.267. The second-order valence-corrected chi connectivity index (χ2v) is 6.75. The first-order valence-corrected chi connectivity index (χ1v) is 10.4. The van der Waals surface area contributed by atoms with Crippen molar-refractivity contribution in [1.29, 1.82) is 10.5 Å². The third kappa shape index (κ3) is 7.55. The van der Waals surface area contributed by atoms with Crippen LogP contribution in [0, 0.1) is 22.7 Å². The van der Waals surface area contributed by atoms with Gasteiger partial charge in [-0.2, -0.15) is 10.5 Å².